The van der Waals surface area contributed by atoms with Crippen molar-refractivity contribution in [3.05, 3.63) is 35.9 Å². The van der Waals surface area contributed by atoms with Crippen LogP contribution in [-0.2, 0) is 9.22 Å². The van der Waals surface area contributed by atoms with E-state index in [0.717, 1.165) is 6.29 Å². The predicted octanol–water partition coefficient (Wildman–Crippen LogP) is 5.96. The van der Waals surface area contributed by atoms with Gasteiger partial charge in [-0.2, -0.15) is 0 Å². The van der Waals surface area contributed by atoms with Crippen LogP contribution in [0, 0.1) is 0 Å². The van der Waals surface area contributed by atoms with Crippen molar-refractivity contribution in [3.63, 3.8) is 0 Å². The maximum atomic E-state index is 11.6. The highest BCUT2D eigenvalue weighted by Crippen LogP contribution is 2.40. The lowest BCUT2D eigenvalue weighted by atomic mass is 9.94. The van der Waals surface area contributed by atoms with Gasteiger partial charge >= 0.3 is 0 Å². The Hall–Kier alpha value is -0.282. The molecule has 0 radical (unpaired) electrons. The van der Waals surface area contributed by atoms with Gasteiger partial charge < -0.3 is 9.22 Å². The Morgan fingerprint density at radius 3 is 1.62 bits per heavy atom. The van der Waals surface area contributed by atoms with Gasteiger partial charge in [-0.15, -0.1) is 0 Å². The van der Waals surface area contributed by atoms with Crippen LogP contribution in [0.25, 0.3) is 0 Å². The number of benzene rings is 1. The van der Waals surface area contributed by atoms with Crippen LogP contribution in [0.3, 0.4) is 0 Å². The molecule has 26 heavy (non-hydrogen) atoms. The normalized spacial score (nSPS) is 16.2. The second-order valence-electron chi connectivity index (χ2n) is 10.7. The lowest BCUT2D eigenvalue weighted by Gasteiger charge is -2.57. The van der Waals surface area contributed by atoms with Gasteiger partial charge in [0.05, 0.1) is 28.9 Å². The molecule has 0 amide bonds. The molecule has 0 aliphatic carbocycles. The molecule has 0 saturated carbocycles. The summed E-state index contributed by atoms with van der Waals surface area (Å²) in [4.78, 5) is 11.6. The molecule has 1 aromatic rings. The molecule has 1 rings (SSSR count). The van der Waals surface area contributed by atoms with Gasteiger partial charge in [-0.1, -0.05) is 96.2 Å². The zero-order chi connectivity index (χ0) is 20.4. The molecule has 0 N–H and O–H groups in total. The number of carbonyl (C=O) groups is 1. The van der Waals surface area contributed by atoms with Crippen LogP contribution in [0.2, 0.25) is 58.9 Å². The Bertz CT molecular complexity index is 547. The van der Waals surface area contributed by atoms with Crippen LogP contribution < -0.4 is 0 Å². The summed E-state index contributed by atoms with van der Waals surface area (Å²) in [7, 11) is -4.57. The Morgan fingerprint density at radius 1 is 0.846 bits per heavy atom. The van der Waals surface area contributed by atoms with E-state index >= 15 is 0 Å². The van der Waals surface area contributed by atoms with Crippen LogP contribution in [0.4, 0.5) is 0 Å². The highest BCUT2D eigenvalue weighted by atomic mass is 29.9. The lowest BCUT2D eigenvalue weighted by Crippen LogP contribution is -2.85. The van der Waals surface area contributed by atoms with Crippen molar-refractivity contribution in [2.75, 3.05) is 0 Å². The SMILES string of the molecule is C[C@@H](c1ccccc1)[C@H](CC=O)O[Si]([Si](C)(C)C)([Si](C)(C)C)[Si](C)(C)C. The molecule has 0 spiro atoms. The summed E-state index contributed by atoms with van der Waals surface area (Å²) >= 11 is 0. The largest absolute Gasteiger partial charge is 0.422 e. The molecule has 0 aromatic heterocycles. The van der Waals surface area contributed by atoms with E-state index in [1.807, 2.05) is 0 Å². The molecular weight excluding hydrogens is 385 g/mol. The second-order valence-corrected chi connectivity index (χ2v) is 50.1. The molecule has 0 bridgehead atoms. The predicted molar refractivity (Wildman–Crippen MR) is 126 cm³/mol. The molecule has 148 valence electrons. The fraction of sp³-hybridized carbons (Fsp3) is 0.650. The van der Waals surface area contributed by atoms with Crippen molar-refractivity contribution < 1.29 is 9.22 Å². The van der Waals surface area contributed by atoms with E-state index in [-0.39, 0.29) is 12.0 Å². The fourth-order valence-corrected chi connectivity index (χ4v) is 99.7. The van der Waals surface area contributed by atoms with Crippen molar-refractivity contribution in [3.8, 4) is 0 Å². The van der Waals surface area contributed by atoms with Gasteiger partial charge in [0.25, 0.3) is 0 Å². The highest BCUT2D eigenvalue weighted by Gasteiger charge is 2.64. The molecule has 0 saturated heterocycles. The van der Waals surface area contributed by atoms with Crippen LogP contribution in [0.1, 0.15) is 24.8 Å². The van der Waals surface area contributed by atoms with E-state index in [9.17, 15) is 4.79 Å². The summed E-state index contributed by atoms with van der Waals surface area (Å²) in [6, 6.07) is 10.6. The van der Waals surface area contributed by atoms with E-state index < -0.39 is 29.6 Å². The third-order valence-electron chi connectivity index (χ3n) is 5.71. The first-order valence-corrected chi connectivity index (χ1v) is 25.3. The minimum absolute atomic E-state index is 0.00624. The summed E-state index contributed by atoms with van der Waals surface area (Å²) in [5, 5.41) is 0. The van der Waals surface area contributed by atoms with Crippen molar-refractivity contribution in [1.29, 1.82) is 0 Å². The zero-order valence-electron chi connectivity index (χ0n) is 18.6. The summed E-state index contributed by atoms with van der Waals surface area (Å²) in [6.07, 6.45) is 1.58. The quantitative estimate of drug-likeness (QED) is 0.361. The summed E-state index contributed by atoms with van der Waals surface area (Å²) in [5.74, 6) is 0.248. The summed E-state index contributed by atoms with van der Waals surface area (Å²) < 4.78 is 7.38. The monoisotopic (exact) mass is 424 g/mol. The van der Waals surface area contributed by atoms with Gasteiger partial charge in [-0.3, -0.25) is 0 Å². The van der Waals surface area contributed by atoms with Crippen molar-refractivity contribution >= 4 is 35.9 Å². The number of hydrogen-bond acceptors (Lipinski definition) is 2. The third kappa shape index (κ3) is 4.76. The smallest absolute Gasteiger partial charge is 0.158 e. The summed E-state index contributed by atoms with van der Waals surface area (Å²) in [6.45, 7) is 23.1. The molecule has 0 heterocycles. The van der Waals surface area contributed by atoms with Gasteiger partial charge in [-0.25, -0.2) is 0 Å². The first-order chi connectivity index (χ1) is 11.7. The maximum Gasteiger partial charge on any atom is 0.158 e. The van der Waals surface area contributed by atoms with Crippen LogP contribution >= 0.6 is 0 Å². The molecule has 2 nitrogen and oxygen atoms in total. The third-order valence-corrected chi connectivity index (χ3v) is 73.3. The van der Waals surface area contributed by atoms with Gasteiger partial charge in [0.15, 0.2) is 6.87 Å². The molecular formula is C20H40O2Si4. The number of rotatable bonds is 9. The zero-order valence-corrected chi connectivity index (χ0v) is 22.6. The average molecular weight is 425 g/mol. The maximum absolute atomic E-state index is 11.6. The van der Waals surface area contributed by atoms with Crippen molar-refractivity contribution in [1.82, 2.24) is 0 Å². The van der Waals surface area contributed by atoms with Crippen LogP contribution in [0.5, 0.6) is 0 Å². The highest BCUT2D eigenvalue weighted by molar-refractivity contribution is 7.87. The van der Waals surface area contributed by atoms with Gasteiger partial charge in [0, 0.05) is 12.3 Å². The van der Waals surface area contributed by atoms with Crippen LogP contribution in [0.15, 0.2) is 30.3 Å². The molecule has 2 atom stereocenters. The van der Waals surface area contributed by atoms with Crippen LogP contribution in [-0.4, -0.2) is 42.0 Å². The van der Waals surface area contributed by atoms with E-state index in [0.29, 0.717) is 6.42 Å². The Morgan fingerprint density at radius 2 is 1.27 bits per heavy atom. The minimum Gasteiger partial charge on any atom is -0.422 e. The van der Waals surface area contributed by atoms with E-state index in [4.69, 9.17) is 4.43 Å². The Kier molecular flexibility index (Phi) is 7.66. The molecule has 1 aromatic carbocycles. The molecule has 6 heteroatoms. The minimum atomic E-state index is -1.94. The first kappa shape index (κ1) is 23.8. The first-order valence-electron chi connectivity index (χ1n) is 9.85. The topological polar surface area (TPSA) is 26.3 Å². The van der Waals surface area contributed by atoms with Gasteiger partial charge in [0.1, 0.15) is 6.29 Å². The standard InChI is InChI=1S/C20H40O2Si4/c1-18(19-14-12-11-13-15-19)20(16-17-21)22-26(23(2,3)4,24(5,6)7)25(8,9)10/h11-15,17-18,20H,16H2,1-10H3/t18-,20-/m0/s1. The Balaban J connectivity index is 3.48. The molecule has 0 unspecified atom stereocenters. The molecule has 0 aliphatic heterocycles. The molecule has 0 fully saturated rings. The summed E-state index contributed by atoms with van der Waals surface area (Å²) in [5.41, 5.74) is 1.28. The average Bonchev–Trinajstić information content (AvgIpc) is 2.47. The Labute approximate surface area is 165 Å². The van der Waals surface area contributed by atoms with E-state index in [1.165, 1.54) is 5.56 Å². The fourth-order valence-electron chi connectivity index (χ4n) is 5.55. The number of carbonyl (C=O) groups excluding carboxylic acids is 1. The van der Waals surface area contributed by atoms with Gasteiger partial charge in [-0.05, 0) is 5.56 Å². The molecule has 0 aliphatic rings. The number of hydrogen-bond donors (Lipinski definition) is 0. The number of aldehydes is 1. The van der Waals surface area contributed by atoms with E-state index in [2.05, 4.69) is 96.2 Å². The van der Waals surface area contributed by atoms with Gasteiger partial charge in [0.2, 0.25) is 0 Å². The van der Waals surface area contributed by atoms with Crippen molar-refractivity contribution in [2.24, 2.45) is 0 Å². The van der Waals surface area contributed by atoms with E-state index in [1.54, 1.807) is 0 Å². The second kappa shape index (κ2) is 8.39. The van der Waals surface area contributed by atoms with Crippen molar-refractivity contribution in [2.45, 2.75) is 84.3 Å². The lowest BCUT2D eigenvalue weighted by molar-refractivity contribution is -0.109.